The second-order valence-corrected chi connectivity index (χ2v) is 6.06. The molecule has 0 aliphatic rings. The van der Waals surface area contributed by atoms with E-state index in [1.807, 2.05) is 0 Å². The lowest BCUT2D eigenvalue weighted by atomic mass is 10.1. The van der Waals surface area contributed by atoms with Crippen LogP contribution in [0, 0.1) is 0 Å². The fraction of sp³-hybridized carbons (Fsp3) is 1.00. The second kappa shape index (κ2) is 14.6. The lowest BCUT2D eigenvalue weighted by Gasteiger charge is -2.01. The van der Waals surface area contributed by atoms with Crippen molar-refractivity contribution in [2.24, 2.45) is 0 Å². The Morgan fingerprint density at radius 3 is 1.20 bits per heavy atom. The van der Waals surface area contributed by atoms with Gasteiger partial charge in [-0.25, -0.2) is 0 Å². The van der Waals surface area contributed by atoms with Gasteiger partial charge in [-0.1, -0.05) is 70.3 Å². The number of unbranched alkanes of at least 4 members (excludes halogenated alkanes) is 10. The van der Waals surface area contributed by atoms with Crippen molar-refractivity contribution < 1.29 is 0 Å². The summed E-state index contributed by atoms with van der Waals surface area (Å²) in [6.45, 7) is 0. The van der Waals surface area contributed by atoms with Gasteiger partial charge in [0.2, 0.25) is 0 Å². The first-order valence-corrected chi connectivity index (χ1v) is 9.07. The van der Waals surface area contributed by atoms with E-state index in [2.05, 4.69) is 12.6 Å². The summed E-state index contributed by atoms with van der Waals surface area (Å²) in [6.07, 6.45) is 16.0. The van der Waals surface area contributed by atoms with Gasteiger partial charge in [-0.3, -0.25) is 0 Å². The van der Waals surface area contributed by atoms with Gasteiger partial charge in [-0.15, -0.1) is 0 Å². The van der Waals surface area contributed by atoms with Gasteiger partial charge in [0.25, 0.3) is 0 Å². The Kier molecular flexibility index (Phi) is 15.1. The Bertz CT molecular complexity index is 94.7. The molecule has 0 atom stereocenters. The summed E-state index contributed by atoms with van der Waals surface area (Å²) in [6, 6.07) is 1.51. The van der Waals surface area contributed by atoms with E-state index in [4.69, 9.17) is 0 Å². The quantitative estimate of drug-likeness (QED) is 0.300. The second-order valence-electron chi connectivity index (χ2n) is 4.61. The van der Waals surface area contributed by atoms with Gasteiger partial charge in [0.15, 0.2) is 0 Å². The van der Waals surface area contributed by atoms with Crippen LogP contribution in [0.15, 0.2) is 0 Å². The summed E-state index contributed by atoms with van der Waals surface area (Å²) in [7, 11) is 1.40. The van der Waals surface area contributed by atoms with E-state index >= 15 is 0 Å². The Morgan fingerprint density at radius 2 is 0.867 bits per heavy atom. The van der Waals surface area contributed by atoms with Crippen molar-refractivity contribution in [2.45, 2.75) is 76.7 Å². The van der Waals surface area contributed by atoms with Gasteiger partial charge >= 0.3 is 0 Å². The zero-order chi connectivity index (χ0) is 11.2. The maximum Gasteiger partial charge on any atom is 0.00279 e. The third kappa shape index (κ3) is 14.6. The Labute approximate surface area is 105 Å². The van der Waals surface area contributed by atoms with E-state index in [0.29, 0.717) is 0 Å². The number of hydrogen-bond donors (Lipinski definition) is 1. The lowest BCUT2D eigenvalue weighted by molar-refractivity contribution is 0.555. The zero-order valence-electron chi connectivity index (χ0n) is 10.6. The SMILES string of the molecule is [SiH3]CCCCCCCCCCCCCS. The summed E-state index contributed by atoms with van der Waals surface area (Å²) in [5.74, 6) is 1.07. The minimum atomic E-state index is 1.07. The van der Waals surface area contributed by atoms with Crippen LogP contribution in [0.3, 0.4) is 0 Å². The fourth-order valence-corrected chi connectivity index (χ4v) is 2.68. The molecule has 0 unspecified atom stereocenters. The van der Waals surface area contributed by atoms with Gasteiger partial charge in [-0.2, -0.15) is 12.6 Å². The molecule has 0 fully saturated rings. The molecule has 0 bridgehead atoms. The van der Waals surface area contributed by atoms with Gasteiger partial charge in [0.05, 0.1) is 0 Å². The molecule has 0 saturated heterocycles. The van der Waals surface area contributed by atoms with Crippen LogP contribution in [0.25, 0.3) is 0 Å². The van der Waals surface area contributed by atoms with Crippen molar-refractivity contribution in [3.63, 3.8) is 0 Å². The molecule has 15 heavy (non-hydrogen) atoms. The third-order valence-electron chi connectivity index (χ3n) is 3.01. The molecule has 92 valence electrons. The van der Waals surface area contributed by atoms with Gasteiger partial charge in [0, 0.05) is 10.2 Å². The predicted octanol–water partition coefficient (Wildman–Crippen LogP) is 3.99. The van der Waals surface area contributed by atoms with E-state index < -0.39 is 0 Å². The molecule has 0 saturated carbocycles. The molecule has 0 heterocycles. The number of thiol groups is 1. The van der Waals surface area contributed by atoms with Crippen molar-refractivity contribution >= 4 is 22.9 Å². The molecule has 0 rings (SSSR count). The number of rotatable bonds is 12. The standard InChI is InChI=1S/C13H30SSi/c14-12-10-8-6-4-2-1-3-5-7-9-11-13-15/h14H,1-13H2,15H3. The monoisotopic (exact) mass is 246 g/mol. The highest BCUT2D eigenvalue weighted by Crippen LogP contribution is 2.11. The van der Waals surface area contributed by atoms with Crippen LogP contribution in [0.4, 0.5) is 0 Å². The molecule has 0 nitrogen and oxygen atoms in total. The Hall–Kier alpha value is 0.567. The molecular weight excluding hydrogens is 216 g/mol. The highest BCUT2D eigenvalue weighted by Gasteiger charge is 1.92. The largest absolute Gasteiger partial charge is 0.179 e. The van der Waals surface area contributed by atoms with E-state index in [1.54, 1.807) is 0 Å². The predicted molar refractivity (Wildman–Crippen MR) is 79.4 cm³/mol. The highest BCUT2D eigenvalue weighted by atomic mass is 32.1. The Balaban J connectivity index is 2.81. The molecular formula is C13H30SSi. The first-order chi connectivity index (χ1) is 7.41. The highest BCUT2D eigenvalue weighted by molar-refractivity contribution is 7.80. The summed E-state index contributed by atoms with van der Waals surface area (Å²) in [5, 5.41) is 0. The zero-order valence-corrected chi connectivity index (χ0v) is 13.5. The molecule has 0 N–H and O–H groups in total. The smallest absolute Gasteiger partial charge is 0.00279 e. The lowest BCUT2D eigenvalue weighted by Crippen LogP contribution is -1.83. The molecule has 0 aliphatic carbocycles. The van der Waals surface area contributed by atoms with Gasteiger partial charge < -0.3 is 0 Å². The molecule has 0 aromatic heterocycles. The van der Waals surface area contributed by atoms with Gasteiger partial charge in [0.1, 0.15) is 0 Å². The Morgan fingerprint density at radius 1 is 0.533 bits per heavy atom. The fourth-order valence-electron chi connectivity index (χ4n) is 1.95. The topological polar surface area (TPSA) is 0 Å². The molecule has 0 radical (unpaired) electrons. The van der Waals surface area contributed by atoms with E-state index in [0.717, 1.165) is 5.75 Å². The minimum Gasteiger partial charge on any atom is -0.179 e. The van der Waals surface area contributed by atoms with Crippen LogP contribution in [0.2, 0.25) is 6.04 Å². The van der Waals surface area contributed by atoms with Crippen LogP contribution in [0.1, 0.15) is 70.6 Å². The van der Waals surface area contributed by atoms with Crippen LogP contribution in [-0.2, 0) is 0 Å². The van der Waals surface area contributed by atoms with Crippen LogP contribution in [-0.4, -0.2) is 16.0 Å². The first-order valence-electron chi connectivity index (χ1n) is 7.02. The third-order valence-corrected chi connectivity index (χ3v) is 4.04. The van der Waals surface area contributed by atoms with Crippen molar-refractivity contribution in [1.82, 2.24) is 0 Å². The van der Waals surface area contributed by atoms with Crippen molar-refractivity contribution in [1.29, 1.82) is 0 Å². The van der Waals surface area contributed by atoms with Crippen LogP contribution >= 0.6 is 12.6 Å². The minimum absolute atomic E-state index is 1.07. The molecule has 0 amide bonds. The van der Waals surface area contributed by atoms with Crippen LogP contribution in [0.5, 0.6) is 0 Å². The maximum absolute atomic E-state index is 4.22. The first kappa shape index (κ1) is 15.6. The van der Waals surface area contributed by atoms with Crippen molar-refractivity contribution in [2.75, 3.05) is 5.75 Å². The summed E-state index contributed by atoms with van der Waals surface area (Å²) in [5.41, 5.74) is 0. The molecule has 2 heteroatoms. The molecule has 0 spiro atoms. The summed E-state index contributed by atoms with van der Waals surface area (Å²) in [4.78, 5) is 0. The van der Waals surface area contributed by atoms with Crippen LogP contribution < -0.4 is 0 Å². The van der Waals surface area contributed by atoms with Crippen molar-refractivity contribution in [3.8, 4) is 0 Å². The molecule has 0 aromatic rings. The summed E-state index contributed by atoms with van der Waals surface area (Å²) >= 11 is 4.22. The van der Waals surface area contributed by atoms with E-state index in [-0.39, 0.29) is 0 Å². The average molecular weight is 247 g/mol. The normalized spacial score (nSPS) is 11.0. The van der Waals surface area contributed by atoms with Gasteiger partial charge in [-0.05, 0) is 12.2 Å². The summed E-state index contributed by atoms with van der Waals surface area (Å²) < 4.78 is 0. The molecule has 0 aliphatic heterocycles. The van der Waals surface area contributed by atoms with Crippen molar-refractivity contribution in [3.05, 3.63) is 0 Å². The van der Waals surface area contributed by atoms with E-state index in [1.165, 1.54) is 86.9 Å². The maximum atomic E-state index is 4.22. The van der Waals surface area contributed by atoms with E-state index in [9.17, 15) is 0 Å². The number of hydrogen-bond acceptors (Lipinski definition) is 1. The molecule has 0 aromatic carbocycles. The average Bonchev–Trinajstić information content (AvgIpc) is 2.26.